The Balaban J connectivity index is 2.87. The maximum atomic E-state index is 12.2. The number of aliphatic carboxylic acids is 1. The van der Waals surface area contributed by atoms with E-state index < -0.39 is 21.5 Å². The van der Waals surface area contributed by atoms with Crippen molar-refractivity contribution >= 4 is 16.0 Å². The number of rotatable bonds is 6. The van der Waals surface area contributed by atoms with Crippen molar-refractivity contribution in [3.05, 3.63) is 29.8 Å². The van der Waals surface area contributed by atoms with E-state index in [0.717, 1.165) is 5.56 Å². The second-order valence-corrected chi connectivity index (χ2v) is 6.88. The summed E-state index contributed by atoms with van der Waals surface area (Å²) in [6, 6.07) is 6.58. The van der Waals surface area contributed by atoms with Gasteiger partial charge < -0.3 is 5.11 Å². The maximum absolute atomic E-state index is 12.2. The molecule has 0 saturated heterocycles. The number of carbonyl (C=O) groups is 1. The third-order valence-corrected chi connectivity index (χ3v) is 4.37. The van der Waals surface area contributed by atoms with E-state index in [1.807, 2.05) is 13.0 Å². The highest BCUT2D eigenvalue weighted by Gasteiger charge is 2.26. The molecule has 19 heavy (non-hydrogen) atoms. The first-order chi connectivity index (χ1) is 8.62. The fraction of sp³-hybridized carbons (Fsp3) is 0.462. The molecule has 6 heteroatoms. The van der Waals surface area contributed by atoms with E-state index in [-0.39, 0.29) is 17.7 Å². The van der Waals surface area contributed by atoms with E-state index in [1.165, 1.54) is 6.07 Å². The molecule has 0 fully saturated rings. The summed E-state index contributed by atoms with van der Waals surface area (Å²) in [5.74, 6) is -0.942. The van der Waals surface area contributed by atoms with Crippen molar-refractivity contribution in [2.24, 2.45) is 0 Å². The van der Waals surface area contributed by atoms with Gasteiger partial charge in [0.25, 0.3) is 0 Å². The summed E-state index contributed by atoms with van der Waals surface area (Å²) in [6.07, 6.45) is 0.150. The van der Waals surface area contributed by atoms with Crippen molar-refractivity contribution in [3.63, 3.8) is 0 Å². The lowest BCUT2D eigenvalue weighted by atomic mass is 10.0. The summed E-state index contributed by atoms with van der Waals surface area (Å²) >= 11 is 0. The number of sulfonamides is 1. The van der Waals surface area contributed by atoms with Crippen LogP contribution in [0.3, 0.4) is 0 Å². The van der Waals surface area contributed by atoms with E-state index >= 15 is 0 Å². The number of carboxylic acid groups (broad SMARTS) is 1. The molecule has 2 N–H and O–H groups in total. The molecule has 0 unspecified atom stereocenters. The predicted molar refractivity (Wildman–Crippen MR) is 72.4 cm³/mol. The van der Waals surface area contributed by atoms with Crippen LogP contribution in [0.4, 0.5) is 0 Å². The van der Waals surface area contributed by atoms with Crippen LogP contribution >= 0.6 is 0 Å². The quantitative estimate of drug-likeness (QED) is 0.836. The lowest BCUT2D eigenvalue weighted by molar-refractivity contribution is -0.137. The van der Waals surface area contributed by atoms with Gasteiger partial charge in [0.05, 0.1) is 4.90 Å². The van der Waals surface area contributed by atoms with Crippen molar-refractivity contribution in [2.45, 2.75) is 44.0 Å². The SMILES string of the molecule is Cc1cccc(S(=O)(=O)NC(C)(C)CCC(=O)O)c1. The Morgan fingerprint density at radius 1 is 1.37 bits per heavy atom. The minimum atomic E-state index is -3.63. The van der Waals surface area contributed by atoms with E-state index in [1.54, 1.807) is 26.0 Å². The highest BCUT2D eigenvalue weighted by molar-refractivity contribution is 7.89. The highest BCUT2D eigenvalue weighted by Crippen LogP contribution is 2.17. The van der Waals surface area contributed by atoms with Crippen molar-refractivity contribution in [1.29, 1.82) is 0 Å². The zero-order valence-corrected chi connectivity index (χ0v) is 12.1. The van der Waals surface area contributed by atoms with Crippen LogP contribution < -0.4 is 4.72 Å². The molecule has 0 aliphatic heterocycles. The number of carboxylic acids is 1. The van der Waals surface area contributed by atoms with Crippen LogP contribution in [-0.2, 0) is 14.8 Å². The monoisotopic (exact) mass is 285 g/mol. The molecular weight excluding hydrogens is 266 g/mol. The molecule has 0 amide bonds. The summed E-state index contributed by atoms with van der Waals surface area (Å²) in [4.78, 5) is 10.7. The molecule has 0 aliphatic rings. The molecule has 0 aromatic heterocycles. The summed E-state index contributed by atoms with van der Waals surface area (Å²) in [5.41, 5.74) is 0.0484. The first-order valence-corrected chi connectivity index (χ1v) is 7.43. The number of hydrogen-bond donors (Lipinski definition) is 2. The number of benzene rings is 1. The van der Waals surface area contributed by atoms with Gasteiger partial charge in [0, 0.05) is 12.0 Å². The zero-order chi connectivity index (χ0) is 14.7. The second kappa shape index (κ2) is 5.71. The van der Waals surface area contributed by atoms with Crippen LogP contribution in [0.2, 0.25) is 0 Å². The molecule has 0 bridgehead atoms. The zero-order valence-electron chi connectivity index (χ0n) is 11.3. The van der Waals surface area contributed by atoms with Gasteiger partial charge in [-0.25, -0.2) is 13.1 Å². The third-order valence-electron chi connectivity index (χ3n) is 2.67. The Morgan fingerprint density at radius 3 is 2.53 bits per heavy atom. The minimum absolute atomic E-state index is 0.0800. The summed E-state index contributed by atoms with van der Waals surface area (Å²) in [5, 5.41) is 8.65. The van der Waals surface area contributed by atoms with Gasteiger partial charge in [0.2, 0.25) is 10.0 Å². The minimum Gasteiger partial charge on any atom is -0.481 e. The van der Waals surface area contributed by atoms with Crippen LogP contribution in [0.15, 0.2) is 29.2 Å². The molecule has 1 rings (SSSR count). The topological polar surface area (TPSA) is 83.5 Å². The molecule has 5 nitrogen and oxygen atoms in total. The molecule has 0 atom stereocenters. The third kappa shape index (κ3) is 5.00. The second-order valence-electron chi connectivity index (χ2n) is 5.20. The molecule has 0 aliphatic carbocycles. The van der Waals surface area contributed by atoms with E-state index in [4.69, 9.17) is 5.11 Å². The Labute approximate surface area is 113 Å². The lowest BCUT2D eigenvalue weighted by Gasteiger charge is -2.25. The lowest BCUT2D eigenvalue weighted by Crippen LogP contribution is -2.43. The van der Waals surface area contributed by atoms with Crippen molar-refractivity contribution in [3.8, 4) is 0 Å². The van der Waals surface area contributed by atoms with E-state index in [9.17, 15) is 13.2 Å². The van der Waals surface area contributed by atoms with Crippen LogP contribution in [0.1, 0.15) is 32.3 Å². The number of nitrogens with one attached hydrogen (secondary N) is 1. The average Bonchev–Trinajstić information content (AvgIpc) is 2.25. The van der Waals surface area contributed by atoms with Gasteiger partial charge in [0.1, 0.15) is 0 Å². The Hall–Kier alpha value is -1.40. The maximum Gasteiger partial charge on any atom is 0.303 e. The Kier molecular flexibility index (Phi) is 4.70. The average molecular weight is 285 g/mol. The molecule has 0 heterocycles. The molecule has 0 radical (unpaired) electrons. The largest absolute Gasteiger partial charge is 0.481 e. The van der Waals surface area contributed by atoms with Gasteiger partial charge in [-0.05, 0) is 44.9 Å². The van der Waals surface area contributed by atoms with Crippen molar-refractivity contribution in [2.75, 3.05) is 0 Å². The standard InChI is InChI=1S/C13H19NO4S/c1-10-5-4-6-11(9-10)19(17,18)14-13(2,3)8-7-12(15)16/h4-6,9,14H,7-8H2,1-3H3,(H,15,16). The van der Waals surface area contributed by atoms with Gasteiger partial charge >= 0.3 is 5.97 Å². The Bertz CT molecular complexity index is 564. The van der Waals surface area contributed by atoms with Crippen LogP contribution in [0, 0.1) is 6.92 Å². The van der Waals surface area contributed by atoms with E-state index in [0.29, 0.717) is 0 Å². The van der Waals surface area contributed by atoms with Gasteiger partial charge in [0.15, 0.2) is 0 Å². The molecule has 106 valence electrons. The number of aryl methyl sites for hydroxylation is 1. The van der Waals surface area contributed by atoms with Crippen LogP contribution in [0.5, 0.6) is 0 Å². The van der Waals surface area contributed by atoms with Gasteiger partial charge in [-0.1, -0.05) is 12.1 Å². The number of hydrogen-bond acceptors (Lipinski definition) is 3. The van der Waals surface area contributed by atoms with Gasteiger partial charge in [-0.15, -0.1) is 0 Å². The summed E-state index contributed by atoms with van der Waals surface area (Å²) in [6.45, 7) is 5.15. The van der Waals surface area contributed by atoms with Crippen molar-refractivity contribution < 1.29 is 18.3 Å². The molecule has 1 aromatic rings. The molecule has 1 aromatic carbocycles. The molecule has 0 saturated carbocycles. The first kappa shape index (κ1) is 15.7. The molecule has 0 spiro atoms. The summed E-state index contributed by atoms with van der Waals surface area (Å²) in [7, 11) is -3.63. The molecular formula is C13H19NO4S. The van der Waals surface area contributed by atoms with Gasteiger partial charge in [-0.2, -0.15) is 0 Å². The smallest absolute Gasteiger partial charge is 0.303 e. The summed E-state index contributed by atoms with van der Waals surface area (Å²) < 4.78 is 26.9. The normalized spacial score (nSPS) is 12.4. The van der Waals surface area contributed by atoms with E-state index in [2.05, 4.69) is 4.72 Å². The van der Waals surface area contributed by atoms with Gasteiger partial charge in [-0.3, -0.25) is 4.79 Å². The predicted octanol–water partition coefficient (Wildman–Crippen LogP) is 1.92. The highest BCUT2D eigenvalue weighted by atomic mass is 32.2. The first-order valence-electron chi connectivity index (χ1n) is 5.95. The fourth-order valence-corrected chi connectivity index (χ4v) is 3.22. The van der Waals surface area contributed by atoms with Crippen LogP contribution in [0.25, 0.3) is 0 Å². The van der Waals surface area contributed by atoms with Crippen molar-refractivity contribution in [1.82, 2.24) is 4.72 Å². The van der Waals surface area contributed by atoms with Crippen LogP contribution in [-0.4, -0.2) is 25.0 Å². The fourth-order valence-electron chi connectivity index (χ4n) is 1.68. The Morgan fingerprint density at radius 2 is 2.00 bits per heavy atom.